The molecule has 1 aliphatic carbocycles. The highest BCUT2D eigenvalue weighted by atomic mass is 16.5. The van der Waals surface area contributed by atoms with Crippen molar-refractivity contribution in [1.82, 2.24) is 5.32 Å². The van der Waals surface area contributed by atoms with Gasteiger partial charge in [0.25, 0.3) is 0 Å². The number of hydrogen-bond donors (Lipinski definition) is 2. The lowest BCUT2D eigenvalue weighted by molar-refractivity contribution is 0.0692. The summed E-state index contributed by atoms with van der Waals surface area (Å²) >= 11 is 0. The number of allylic oxidation sites excluding steroid dienone is 1. The standard InChI is InChI=1S/C15H19NO3/c17-15(18)13-8-4-5-9-14(13)19-11-10-16-12-6-2-1-3-7-12/h1-2,4-5,8-9,12,16H,3,6-7,10-11H2,(H,17,18). The van der Waals surface area contributed by atoms with Crippen molar-refractivity contribution in [2.24, 2.45) is 0 Å². The number of hydrogen-bond acceptors (Lipinski definition) is 3. The third kappa shape index (κ3) is 4.10. The molecule has 0 radical (unpaired) electrons. The van der Waals surface area contributed by atoms with E-state index in [-0.39, 0.29) is 5.56 Å². The molecule has 1 aromatic rings. The summed E-state index contributed by atoms with van der Waals surface area (Å²) < 4.78 is 5.53. The minimum atomic E-state index is -0.957. The SMILES string of the molecule is O=C(O)c1ccccc1OCCNC1CC=CCC1. The topological polar surface area (TPSA) is 58.6 Å². The Morgan fingerprint density at radius 1 is 1.37 bits per heavy atom. The fourth-order valence-electron chi connectivity index (χ4n) is 2.17. The van der Waals surface area contributed by atoms with Gasteiger partial charge >= 0.3 is 5.97 Å². The van der Waals surface area contributed by atoms with Gasteiger partial charge in [0.2, 0.25) is 0 Å². The molecule has 0 saturated carbocycles. The summed E-state index contributed by atoms with van der Waals surface area (Å²) in [7, 11) is 0. The molecule has 2 rings (SSSR count). The monoisotopic (exact) mass is 261 g/mol. The molecule has 1 atom stereocenters. The van der Waals surface area contributed by atoms with Crippen molar-refractivity contribution in [1.29, 1.82) is 0 Å². The molecule has 0 amide bonds. The van der Waals surface area contributed by atoms with Gasteiger partial charge in [0.1, 0.15) is 17.9 Å². The van der Waals surface area contributed by atoms with Crippen LogP contribution >= 0.6 is 0 Å². The molecule has 0 aromatic heterocycles. The first-order valence-electron chi connectivity index (χ1n) is 6.61. The second-order valence-corrected chi connectivity index (χ2v) is 4.59. The lowest BCUT2D eigenvalue weighted by Gasteiger charge is -2.19. The molecule has 0 bridgehead atoms. The number of benzene rings is 1. The second kappa shape index (κ2) is 6.95. The van der Waals surface area contributed by atoms with Crippen LogP contribution in [0.3, 0.4) is 0 Å². The fourth-order valence-corrected chi connectivity index (χ4v) is 2.17. The van der Waals surface area contributed by atoms with Crippen molar-refractivity contribution in [2.75, 3.05) is 13.2 Å². The molecule has 19 heavy (non-hydrogen) atoms. The minimum absolute atomic E-state index is 0.211. The predicted octanol–water partition coefficient (Wildman–Crippen LogP) is 2.46. The van der Waals surface area contributed by atoms with E-state index < -0.39 is 5.97 Å². The summed E-state index contributed by atoms with van der Waals surface area (Å²) in [5.74, 6) is -0.527. The quantitative estimate of drug-likeness (QED) is 0.610. The Hall–Kier alpha value is -1.81. The van der Waals surface area contributed by atoms with E-state index >= 15 is 0 Å². The average molecular weight is 261 g/mol. The number of aromatic carboxylic acids is 1. The number of nitrogens with one attached hydrogen (secondary N) is 1. The largest absolute Gasteiger partial charge is 0.491 e. The van der Waals surface area contributed by atoms with Gasteiger partial charge in [0.05, 0.1) is 0 Å². The summed E-state index contributed by atoms with van der Waals surface area (Å²) in [6.07, 6.45) is 7.74. The Labute approximate surface area is 113 Å². The Kier molecular flexibility index (Phi) is 4.98. The zero-order valence-corrected chi connectivity index (χ0v) is 10.8. The first-order valence-corrected chi connectivity index (χ1v) is 6.61. The highest BCUT2D eigenvalue weighted by Gasteiger charge is 2.11. The first kappa shape index (κ1) is 13.6. The van der Waals surface area contributed by atoms with Crippen LogP contribution < -0.4 is 10.1 Å². The van der Waals surface area contributed by atoms with E-state index in [4.69, 9.17) is 9.84 Å². The van der Waals surface area contributed by atoms with Crippen LogP contribution in [-0.2, 0) is 0 Å². The Bertz CT molecular complexity index is 456. The van der Waals surface area contributed by atoms with Gasteiger partial charge in [-0.1, -0.05) is 24.3 Å². The number of carbonyl (C=O) groups is 1. The van der Waals surface area contributed by atoms with Crippen LogP contribution in [-0.4, -0.2) is 30.3 Å². The maximum atomic E-state index is 11.0. The summed E-state index contributed by atoms with van der Waals surface area (Å²) in [4.78, 5) is 11.0. The molecule has 1 unspecified atom stereocenters. The second-order valence-electron chi connectivity index (χ2n) is 4.59. The molecular weight excluding hydrogens is 242 g/mol. The van der Waals surface area contributed by atoms with Gasteiger partial charge in [0, 0.05) is 12.6 Å². The summed E-state index contributed by atoms with van der Waals surface area (Å²) in [5.41, 5.74) is 0.211. The molecular formula is C15H19NO3. The summed E-state index contributed by atoms with van der Waals surface area (Å²) in [6.45, 7) is 1.21. The van der Waals surface area contributed by atoms with Crippen LogP contribution in [0.5, 0.6) is 5.75 Å². The van der Waals surface area contributed by atoms with Gasteiger partial charge in [-0.25, -0.2) is 4.79 Å². The molecule has 0 spiro atoms. The maximum Gasteiger partial charge on any atom is 0.339 e. The first-order chi connectivity index (χ1) is 9.27. The molecule has 1 aromatic carbocycles. The van der Waals surface area contributed by atoms with Crippen molar-refractivity contribution in [3.05, 3.63) is 42.0 Å². The summed E-state index contributed by atoms with van der Waals surface area (Å²) in [5, 5.41) is 12.4. The van der Waals surface area contributed by atoms with Gasteiger partial charge < -0.3 is 15.2 Å². The van der Waals surface area contributed by atoms with Crippen LogP contribution in [0.4, 0.5) is 0 Å². The minimum Gasteiger partial charge on any atom is -0.491 e. The molecule has 0 aliphatic heterocycles. The van der Waals surface area contributed by atoms with Crippen LogP contribution in [0.2, 0.25) is 0 Å². The molecule has 4 nitrogen and oxygen atoms in total. The summed E-state index contributed by atoms with van der Waals surface area (Å²) in [6, 6.07) is 7.23. The number of para-hydroxylation sites is 1. The number of carboxylic acids is 1. The number of rotatable bonds is 6. The van der Waals surface area contributed by atoms with Crippen LogP contribution in [0, 0.1) is 0 Å². The van der Waals surface area contributed by atoms with E-state index in [9.17, 15) is 4.79 Å². The van der Waals surface area contributed by atoms with E-state index in [0.29, 0.717) is 18.4 Å². The molecule has 0 fully saturated rings. The molecule has 1 aliphatic rings. The van der Waals surface area contributed by atoms with Crippen LogP contribution in [0.1, 0.15) is 29.6 Å². The average Bonchev–Trinajstić information content (AvgIpc) is 2.45. The molecule has 0 saturated heterocycles. The highest BCUT2D eigenvalue weighted by molar-refractivity contribution is 5.90. The smallest absolute Gasteiger partial charge is 0.339 e. The van der Waals surface area contributed by atoms with Crippen LogP contribution in [0.25, 0.3) is 0 Å². The lowest BCUT2D eigenvalue weighted by Crippen LogP contribution is -2.33. The fraction of sp³-hybridized carbons (Fsp3) is 0.400. The molecule has 102 valence electrons. The van der Waals surface area contributed by atoms with E-state index in [0.717, 1.165) is 25.8 Å². The van der Waals surface area contributed by atoms with Gasteiger partial charge in [-0.15, -0.1) is 0 Å². The van der Waals surface area contributed by atoms with Gasteiger partial charge in [0.15, 0.2) is 0 Å². The molecule has 0 heterocycles. The zero-order chi connectivity index (χ0) is 13.5. The molecule has 4 heteroatoms. The normalized spacial score (nSPS) is 18.2. The van der Waals surface area contributed by atoms with Crippen molar-refractivity contribution in [3.8, 4) is 5.75 Å². The van der Waals surface area contributed by atoms with Crippen molar-refractivity contribution < 1.29 is 14.6 Å². The van der Waals surface area contributed by atoms with E-state index in [1.165, 1.54) is 0 Å². The Balaban J connectivity index is 1.76. The Morgan fingerprint density at radius 3 is 2.95 bits per heavy atom. The third-order valence-corrected chi connectivity index (χ3v) is 3.18. The van der Waals surface area contributed by atoms with Gasteiger partial charge in [-0.3, -0.25) is 0 Å². The molecule has 2 N–H and O–H groups in total. The number of carboxylic acid groups (broad SMARTS) is 1. The predicted molar refractivity (Wildman–Crippen MR) is 73.7 cm³/mol. The van der Waals surface area contributed by atoms with E-state index in [1.54, 1.807) is 24.3 Å². The Morgan fingerprint density at radius 2 is 2.21 bits per heavy atom. The maximum absolute atomic E-state index is 11.0. The third-order valence-electron chi connectivity index (χ3n) is 3.18. The van der Waals surface area contributed by atoms with Gasteiger partial charge in [-0.05, 0) is 31.4 Å². The van der Waals surface area contributed by atoms with Gasteiger partial charge in [-0.2, -0.15) is 0 Å². The number of ether oxygens (including phenoxy) is 1. The van der Waals surface area contributed by atoms with Crippen molar-refractivity contribution in [3.63, 3.8) is 0 Å². The lowest BCUT2D eigenvalue weighted by atomic mass is 10.0. The van der Waals surface area contributed by atoms with Crippen molar-refractivity contribution >= 4 is 5.97 Å². The zero-order valence-electron chi connectivity index (χ0n) is 10.8. The van der Waals surface area contributed by atoms with Crippen molar-refractivity contribution in [2.45, 2.75) is 25.3 Å². The van der Waals surface area contributed by atoms with E-state index in [1.807, 2.05) is 0 Å². The highest BCUT2D eigenvalue weighted by Crippen LogP contribution is 2.17. The van der Waals surface area contributed by atoms with Crippen LogP contribution in [0.15, 0.2) is 36.4 Å². The van der Waals surface area contributed by atoms with E-state index in [2.05, 4.69) is 17.5 Å².